The summed E-state index contributed by atoms with van der Waals surface area (Å²) < 4.78 is 5.56. The standard InChI is InChI=1S/C16H17N5O3S2/c1-3-7-25-16-19-15(26-20-16)18-12(22)9-5-6-11-10(8-9)17-13(23)14(24)21(11)4-2/h5-6,8H,3-4,7H2,1-2H3,(H,17,23)(H,18,19,20,22). The number of fused-ring (bicyclic) bond motifs is 1. The molecule has 3 rings (SSSR count). The first-order valence-electron chi connectivity index (χ1n) is 8.08. The topological polar surface area (TPSA) is 110 Å². The van der Waals surface area contributed by atoms with E-state index in [1.54, 1.807) is 25.1 Å². The van der Waals surface area contributed by atoms with Gasteiger partial charge in [-0.2, -0.15) is 9.36 Å². The summed E-state index contributed by atoms with van der Waals surface area (Å²) in [5.41, 5.74) is 0.0394. The van der Waals surface area contributed by atoms with Gasteiger partial charge in [0.2, 0.25) is 10.3 Å². The number of anilines is 1. The van der Waals surface area contributed by atoms with E-state index < -0.39 is 11.1 Å². The number of aromatic nitrogens is 4. The molecule has 0 aliphatic rings. The molecule has 2 aromatic heterocycles. The van der Waals surface area contributed by atoms with Crippen LogP contribution in [0.15, 0.2) is 32.9 Å². The van der Waals surface area contributed by atoms with E-state index in [1.165, 1.54) is 16.3 Å². The van der Waals surface area contributed by atoms with E-state index >= 15 is 0 Å². The zero-order valence-electron chi connectivity index (χ0n) is 14.2. The molecule has 0 atom stereocenters. The van der Waals surface area contributed by atoms with Gasteiger partial charge in [-0.25, -0.2) is 0 Å². The smallest absolute Gasteiger partial charge is 0.316 e. The van der Waals surface area contributed by atoms with Crippen molar-refractivity contribution in [2.75, 3.05) is 11.1 Å². The molecule has 26 heavy (non-hydrogen) atoms. The molecule has 2 N–H and O–H groups in total. The normalized spacial score (nSPS) is 11.0. The van der Waals surface area contributed by atoms with Gasteiger partial charge in [-0.1, -0.05) is 18.7 Å². The van der Waals surface area contributed by atoms with E-state index in [1.807, 2.05) is 0 Å². The number of amides is 1. The molecule has 0 aliphatic carbocycles. The van der Waals surface area contributed by atoms with Crippen LogP contribution in [0.3, 0.4) is 0 Å². The molecule has 0 bridgehead atoms. The van der Waals surface area contributed by atoms with E-state index in [0.29, 0.717) is 33.4 Å². The van der Waals surface area contributed by atoms with E-state index in [2.05, 4.69) is 26.6 Å². The van der Waals surface area contributed by atoms with E-state index in [0.717, 1.165) is 23.7 Å². The lowest BCUT2D eigenvalue weighted by atomic mass is 10.2. The number of aromatic amines is 1. The SMILES string of the molecule is CCCSc1nsc(NC(=O)c2ccc3c(c2)[nH]c(=O)c(=O)n3CC)n1. The van der Waals surface area contributed by atoms with Gasteiger partial charge in [-0.05, 0) is 31.5 Å². The van der Waals surface area contributed by atoms with Crippen LogP contribution in [0.2, 0.25) is 0 Å². The zero-order valence-corrected chi connectivity index (χ0v) is 15.9. The Morgan fingerprint density at radius 3 is 2.88 bits per heavy atom. The number of hydrogen-bond acceptors (Lipinski definition) is 7. The third-order valence-corrected chi connectivity index (χ3v) is 5.42. The number of carbonyl (C=O) groups excluding carboxylic acids is 1. The monoisotopic (exact) mass is 391 g/mol. The average molecular weight is 391 g/mol. The van der Waals surface area contributed by atoms with Crippen LogP contribution in [-0.2, 0) is 6.54 Å². The first-order valence-corrected chi connectivity index (χ1v) is 9.84. The predicted molar refractivity (Wildman–Crippen MR) is 103 cm³/mol. The average Bonchev–Trinajstić information content (AvgIpc) is 3.08. The number of benzene rings is 1. The molecule has 0 radical (unpaired) electrons. The Morgan fingerprint density at radius 2 is 2.15 bits per heavy atom. The van der Waals surface area contributed by atoms with Crippen molar-refractivity contribution in [3.63, 3.8) is 0 Å². The molecule has 2 heterocycles. The van der Waals surface area contributed by atoms with Crippen LogP contribution in [-0.4, -0.2) is 30.6 Å². The van der Waals surface area contributed by atoms with Crippen LogP contribution < -0.4 is 16.4 Å². The van der Waals surface area contributed by atoms with Crippen LogP contribution in [0.1, 0.15) is 30.6 Å². The fourth-order valence-corrected chi connectivity index (χ4v) is 3.81. The molecule has 0 aliphatic heterocycles. The summed E-state index contributed by atoms with van der Waals surface area (Å²) in [7, 11) is 0. The summed E-state index contributed by atoms with van der Waals surface area (Å²) in [5, 5.41) is 3.76. The van der Waals surface area contributed by atoms with Gasteiger partial charge < -0.3 is 9.55 Å². The number of aryl methyl sites for hydroxylation is 1. The summed E-state index contributed by atoms with van der Waals surface area (Å²) in [6.45, 7) is 4.22. The predicted octanol–water partition coefficient (Wildman–Crippen LogP) is 2.32. The third-order valence-electron chi connectivity index (χ3n) is 3.62. The van der Waals surface area contributed by atoms with E-state index in [4.69, 9.17) is 0 Å². The highest BCUT2D eigenvalue weighted by atomic mass is 32.2. The van der Waals surface area contributed by atoms with Gasteiger partial charge in [0.25, 0.3) is 5.91 Å². The molecule has 3 aromatic rings. The zero-order chi connectivity index (χ0) is 18.7. The lowest BCUT2D eigenvalue weighted by Crippen LogP contribution is -2.36. The highest BCUT2D eigenvalue weighted by Crippen LogP contribution is 2.21. The minimum absolute atomic E-state index is 0.354. The maximum Gasteiger partial charge on any atom is 0.316 e. The number of nitrogens with zero attached hydrogens (tertiary/aromatic N) is 3. The molecule has 10 heteroatoms. The third kappa shape index (κ3) is 3.70. The molecule has 0 spiro atoms. The molecule has 0 saturated carbocycles. The summed E-state index contributed by atoms with van der Waals surface area (Å²) in [5.74, 6) is 0.562. The van der Waals surface area contributed by atoms with Crippen LogP contribution in [0, 0.1) is 0 Å². The van der Waals surface area contributed by atoms with Crippen molar-refractivity contribution in [2.24, 2.45) is 0 Å². The van der Waals surface area contributed by atoms with Crippen molar-refractivity contribution < 1.29 is 4.79 Å². The molecular formula is C16H17N5O3S2. The highest BCUT2D eigenvalue weighted by molar-refractivity contribution is 7.99. The Labute approximate surface area is 156 Å². The van der Waals surface area contributed by atoms with Crippen LogP contribution >= 0.6 is 23.3 Å². The Balaban J connectivity index is 1.87. The van der Waals surface area contributed by atoms with Gasteiger partial charge in [0.15, 0.2) is 0 Å². The highest BCUT2D eigenvalue weighted by Gasteiger charge is 2.13. The van der Waals surface area contributed by atoms with Crippen LogP contribution in [0.5, 0.6) is 0 Å². The molecule has 8 nitrogen and oxygen atoms in total. The van der Waals surface area contributed by atoms with Crippen molar-refractivity contribution in [3.8, 4) is 0 Å². The Hall–Kier alpha value is -2.46. The van der Waals surface area contributed by atoms with Gasteiger partial charge >= 0.3 is 11.1 Å². The fourth-order valence-electron chi connectivity index (χ4n) is 2.42. The maximum absolute atomic E-state index is 12.4. The molecule has 0 unspecified atom stereocenters. The second kappa shape index (κ2) is 7.83. The van der Waals surface area contributed by atoms with Gasteiger partial charge in [0, 0.05) is 29.4 Å². The molecule has 0 fully saturated rings. The summed E-state index contributed by atoms with van der Waals surface area (Å²) in [6.07, 6.45) is 1.02. The molecule has 1 amide bonds. The van der Waals surface area contributed by atoms with Crippen molar-refractivity contribution in [2.45, 2.75) is 32.0 Å². The molecule has 0 saturated heterocycles. The van der Waals surface area contributed by atoms with Crippen molar-refractivity contribution in [1.82, 2.24) is 18.9 Å². The molecule has 1 aromatic carbocycles. The first-order chi connectivity index (χ1) is 12.5. The quantitative estimate of drug-likeness (QED) is 0.493. The summed E-state index contributed by atoms with van der Waals surface area (Å²) >= 11 is 2.66. The maximum atomic E-state index is 12.4. The minimum atomic E-state index is -0.710. The largest absolute Gasteiger partial charge is 0.316 e. The number of carbonyl (C=O) groups is 1. The molecular weight excluding hydrogens is 374 g/mol. The van der Waals surface area contributed by atoms with Gasteiger partial charge in [0.1, 0.15) is 0 Å². The number of rotatable bonds is 6. The Morgan fingerprint density at radius 1 is 1.35 bits per heavy atom. The summed E-state index contributed by atoms with van der Waals surface area (Å²) in [4.78, 5) is 42.9. The van der Waals surface area contributed by atoms with Gasteiger partial charge in [-0.3, -0.25) is 19.7 Å². The summed E-state index contributed by atoms with van der Waals surface area (Å²) in [6, 6.07) is 4.80. The lowest BCUT2D eigenvalue weighted by molar-refractivity contribution is 0.102. The van der Waals surface area contributed by atoms with E-state index in [9.17, 15) is 14.4 Å². The number of hydrogen-bond donors (Lipinski definition) is 2. The minimum Gasteiger partial charge on any atom is -0.316 e. The van der Waals surface area contributed by atoms with Crippen LogP contribution in [0.4, 0.5) is 5.13 Å². The first kappa shape index (κ1) is 18.3. The second-order valence-electron chi connectivity index (χ2n) is 5.42. The second-order valence-corrected chi connectivity index (χ2v) is 7.23. The van der Waals surface area contributed by atoms with Crippen LogP contribution in [0.25, 0.3) is 11.0 Å². The fraction of sp³-hybridized carbons (Fsp3) is 0.312. The van der Waals surface area contributed by atoms with Crippen molar-refractivity contribution >= 4 is 45.4 Å². The van der Waals surface area contributed by atoms with Gasteiger partial charge in [-0.15, -0.1) is 0 Å². The van der Waals surface area contributed by atoms with Crippen molar-refractivity contribution in [3.05, 3.63) is 44.5 Å². The van der Waals surface area contributed by atoms with Gasteiger partial charge in [0.05, 0.1) is 11.0 Å². The Kier molecular flexibility index (Phi) is 5.52. The Bertz CT molecular complexity index is 1070. The number of H-pyrrole nitrogens is 1. The van der Waals surface area contributed by atoms with Crippen molar-refractivity contribution in [1.29, 1.82) is 0 Å². The molecule has 136 valence electrons. The lowest BCUT2D eigenvalue weighted by Gasteiger charge is -2.08. The number of nitrogens with one attached hydrogen (secondary N) is 2. The van der Waals surface area contributed by atoms with E-state index in [-0.39, 0.29) is 5.91 Å². The number of thioether (sulfide) groups is 1.